The third-order valence-electron chi connectivity index (χ3n) is 4.75. The number of rotatable bonds is 8. The highest BCUT2D eigenvalue weighted by molar-refractivity contribution is 6.92. The van der Waals surface area contributed by atoms with Crippen LogP contribution < -0.4 is 10.4 Å². The summed E-state index contributed by atoms with van der Waals surface area (Å²) in [7, 11) is -6.91. The molecule has 2 nitrogen and oxygen atoms in total. The highest BCUT2D eigenvalue weighted by atomic mass is 28.4. The Morgan fingerprint density at radius 2 is 0.867 bits per heavy atom. The van der Waals surface area contributed by atoms with Crippen LogP contribution in [-0.4, -0.2) is 33.3 Å². The molecule has 0 spiro atoms. The molecular weight excluding hydrogens is 433 g/mol. The van der Waals surface area contributed by atoms with Crippen LogP contribution in [0.25, 0.3) is 12.2 Å². The normalized spacial score (nSPS) is 13.8. The van der Waals surface area contributed by atoms with E-state index < -0.39 is 33.3 Å². The Morgan fingerprint density at radius 1 is 0.533 bits per heavy atom. The van der Waals surface area contributed by atoms with Crippen LogP contribution in [-0.2, 0) is 8.23 Å². The molecule has 30 heavy (non-hydrogen) atoms. The molecule has 0 atom stereocenters. The Hall–Kier alpha value is -1.03. The van der Waals surface area contributed by atoms with Gasteiger partial charge in [0.25, 0.3) is 0 Å². The lowest BCUT2D eigenvalue weighted by molar-refractivity contribution is 0.565. The molecule has 0 radical (unpaired) electrons. The molecule has 0 aliphatic carbocycles. The van der Waals surface area contributed by atoms with Crippen molar-refractivity contribution in [1.82, 2.24) is 0 Å². The van der Waals surface area contributed by atoms with Crippen molar-refractivity contribution in [2.24, 2.45) is 0 Å². The second kappa shape index (κ2) is 9.22. The Bertz CT molecular complexity index is 817. The van der Waals surface area contributed by atoms with E-state index in [1.54, 1.807) is 0 Å². The van der Waals surface area contributed by atoms with Gasteiger partial charge in [-0.25, -0.2) is 0 Å². The highest BCUT2D eigenvalue weighted by Crippen LogP contribution is 2.17. The van der Waals surface area contributed by atoms with Crippen molar-refractivity contribution >= 4 is 55.8 Å². The zero-order chi connectivity index (χ0) is 22.8. The lowest BCUT2D eigenvalue weighted by atomic mass is 10.1. The van der Waals surface area contributed by atoms with Crippen LogP contribution in [0.2, 0.25) is 65.5 Å². The van der Waals surface area contributed by atoms with E-state index in [1.807, 2.05) is 0 Å². The van der Waals surface area contributed by atoms with Gasteiger partial charge in [0.2, 0.25) is 16.6 Å². The van der Waals surface area contributed by atoms with Gasteiger partial charge in [-0.15, -0.1) is 0 Å². The summed E-state index contributed by atoms with van der Waals surface area (Å²) in [6.45, 7) is 22.9. The minimum atomic E-state index is -1.89. The minimum absolute atomic E-state index is 1.23. The Labute approximate surface area is 188 Å². The van der Waals surface area contributed by atoms with Gasteiger partial charge >= 0.3 is 0 Å². The molecule has 2 rings (SSSR count). The van der Waals surface area contributed by atoms with E-state index in [-0.39, 0.29) is 0 Å². The fourth-order valence-corrected chi connectivity index (χ4v) is 19.1. The second-order valence-corrected chi connectivity index (χ2v) is 28.3. The minimum Gasteiger partial charge on any atom is -0.452 e. The van der Waals surface area contributed by atoms with Crippen LogP contribution in [0.5, 0.6) is 0 Å². The van der Waals surface area contributed by atoms with Gasteiger partial charge in [-0.05, 0) is 87.0 Å². The third kappa shape index (κ3) is 7.90. The van der Waals surface area contributed by atoms with Crippen LogP contribution in [0.1, 0.15) is 11.1 Å². The summed E-state index contributed by atoms with van der Waals surface area (Å²) < 4.78 is 13.1. The summed E-state index contributed by atoms with van der Waals surface area (Å²) in [6.07, 6.45) is 4.44. The summed E-state index contributed by atoms with van der Waals surface area (Å²) in [6, 6.07) is 17.7. The molecule has 0 aromatic heterocycles. The Balaban J connectivity index is 2.25. The van der Waals surface area contributed by atoms with Gasteiger partial charge in [0, 0.05) is 0 Å². The molecule has 0 heterocycles. The lowest BCUT2D eigenvalue weighted by Crippen LogP contribution is -2.51. The first-order chi connectivity index (χ1) is 13.6. The van der Waals surface area contributed by atoms with Crippen LogP contribution in [0, 0.1) is 0 Å². The molecule has 0 amide bonds. The number of hydrogen-bond donors (Lipinski definition) is 0. The summed E-state index contributed by atoms with van der Waals surface area (Å²) in [5.41, 5.74) is 2.46. The summed E-state index contributed by atoms with van der Waals surface area (Å²) >= 11 is 0. The van der Waals surface area contributed by atoms with Gasteiger partial charge < -0.3 is 8.23 Å². The van der Waals surface area contributed by atoms with Crippen molar-refractivity contribution in [1.29, 1.82) is 0 Å². The molecule has 2 aromatic rings. The Kier molecular flexibility index (Phi) is 7.75. The van der Waals surface area contributed by atoms with E-state index in [1.165, 1.54) is 21.5 Å². The molecule has 6 heteroatoms. The highest BCUT2D eigenvalue weighted by Gasteiger charge is 2.32. The topological polar surface area (TPSA) is 18.5 Å². The zero-order valence-corrected chi connectivity index (χ0v) is 24.6. The largest absolute Gasteiger partial charge is 0.452 e. The molecule has 0 N–H and O–H groups in total. The molecule has 0 fully saturated rings. The molecular formula is C24H40O2Si4. The van der Waals surface area contributed by atoms with Crippen LogP contribution in [0.15, 0.2) is 48.5 Å². The van der Waals surface area contributed by atoms with E-state index >= 15 is 0 Å². The smallest absolute Gasteiger partial charge is 0.205 e. The third-order valence-corrected chi connectivity index (χ3v) is 17.1. The standard InChI is InChI=1S/C24H40O2Si4/c1-27(2,3)25-29(7,8)23-15-11-13-21(19-23)17-18-22-14-12-16-24(20-22)30(9,10)26-28(4,5)6/h11-20H,1-10H3/b18-17+. The first-order valence-electron chi connectivity index (χ1n) is 10.9. The molecule has 0 saturated carbocycles. The van der Waals surface area contributed by atoms with Gasteiger partial charge in [0.1, 0.15) is 0 Å². The lowest BCUT2D eigenvalue weighted by Gasteiger charge is -2.32. The van der Waals surface area contributed by atoms with Crippen molar-refractivity contribution in [2.45, 2.75) is 65.5 Å². The average Bonchev–Trinajstić information content (AvgIpc) is 2.56. The van der Waals surface area contributed by atoms with Crippen molar-refractivity contribution in [3.63, 3.8) is 0 Å². The van der Waals surface area contributed by atoms with E-state index in [0.717, 1.165) is 0 Å². The van der Waals surface area contributed by atoms with Gasteiger partial charge in [0.05, 0.1) is 0 Å². The molecule has 0 unspecified atom stereocenters. The van der Waals surface area contributed by atoms with Gasteiger partial charge in [-0.1, -0.05) is 60.7 Å². The predicted molar refractivity (Wildman–Crippen MR) is 145 cm³/mol. The van der Waals surface area contributed by atoms with Gasteiger partial charge in [0.15, 0.2) is 16.6 Å². The SMILES string of the molecule is C[Si](C)(C)O[Si](C)(C)c1cccc(/C=C/c2cccc([Si](C)(C)O[Si](C)(C)C)c2)c1. The van der Waals surface area contributed by atoms with Crippen LogP contribution >= 0.6 is 0 Å². The maximum Gasteiger partial charge on any atom is 0.205 e. The average molecular weight is 473 g/mol. The van der Waals surface area contributed by atoms with E-state index in [0.29, 0.717) is 0 Å². The van der Waals surface area contributed by atoms with Crippen molar-refractivity contribution < 1.29 is 8.23 Å². The van der Waals surface area contributed by atoms with Crippen LogP contribution in [0.4, 0.5) is 0 Å². The molecule has 0 saturated heterocycles. The van der Waals surface area contributed by atoms with Gasteiger partial charge in [-0.2, -0.15) is 0 Å². The molecule has 0 aliphatic rings. The maximum absolute atomic E-state index is 6.57. The summed E-state index contributed by atoms with van der Waals surface area (Å²) in [5, 5.41) is 2.72. The van der Waals surface area contributed by atoms with Crippen molar-refractivity contribution in [3.05, 3.63) is 59.7 Å². The van der Waals surface area contributed by atoms with E-state index in [2.05, 4.69) is 126 Å². The first kappa shape index (κ1) is 25.2. The van der Waals surface area contributed by atoms with Crippen LogP contribution in [0.3, 0.4) is 0 Å². The van der Waals surface area contributed by atoms with E-state index in [4.69, 9.17) is 8.23 Å². The predicted octanol–water partition coefficient (Wildman–Crippen LogP) is 6.38. The maximum atomic E-state index is 6.57. The molecule has 164 valence electrons. The van der Waals surface area contributed by atoms with Gasteiger partial charge in [-0.3, -0.25) is 0 Å². The number of hydrogen-bond acceptors (Lipinski definition) is 2. The molecule has 0 aliphatic heterocycles. The monoisotopic (exact) mass is 472 g/mol. The quantitative estimate of drug-likeness (QED) is 0.327. The van der Waals surface area contributed by atoms with Crippen molar-refractivity contribution in [2.75, 3.05) is 0 Å². The van der Waals surface area contributed by atoms with Crippen molar-refractivity contribution in [3.8, 4) is 0 Å². The Morgan fingerprint density at radius 3 is 1.17 bits per heavy atom. The summed E-state index contributed by atoms with van der Waals surface area (Å²) in [5.74, 6) is 0. The molecule has 0 bridgehead atoms. The number of benzene rings is 2. The second-order valence-electron chi connectivity index (χ2n) is 11.0. The fraction of sp³-hybridized carbons (Fsp3) is 0.417. The van der Waals surface area contributed by atoms with E-state index in [9.17, 15) is 0 Å². The summed E-state index contributed by atoms with van der Waals surface area (Å²) in [4.78, 5) is 0. The first-order valence-corrected chi connectivity index (χ1v) is 23.5. The molecule has 2 aromatic carbocycles. The zero-order valence-electron chi connectivity index (χ0n) is 20.6. The fourth-order valence-electron chi connectivity index (χ4n) is 3.87.